The van der Waals surface area contributed by atoms with E-state index in [-0.39, 0.29) is 5.78 Å². The summed E-state index contributed by atoms with van der Waals surface area (Å²) in [6, 6.07) is 3.62. The molecule has 1 rings (SSSR count). The number of rotatable bonds is 2. The summed E-state index contributed by atoms with van der Waals surface area (Å²) in [4.78, 5) is 11.2. The predicted octanol–water partition coefficient (Wildman–Crippen LogP) is 3.11. The number of Topliss-reactive ketones (excluding diaryl/α,β-unsaturated/α-hetero) is 1. The van der Waals surface area contributed by atoms with Crippen molar-refractivity contribution in [1.29, 1.82) is 0 Å². The van der Waals surface area contributed by atoms with Gasteiger partial charge >= 0.3 is 0 Å². The van der Waals surface area contributed by atoms with Crippen molar-refractivity contribution in [3.05, 3.63) is 24.8 Å². The van der Waals surface area contributed by atoms with E-state index in [2.05, 4.69) is 45.2 Å². The SMILES string of the molecule is COc1ccc(C(C)=O)c(I)c1I. The van der Waals surface area contributed by atoms with Crippen molar-refractivity contribution in [1.82, 2.24) is 0 Å². The molecule has 13 heavy (non-hydrogen) atoms. The van der Waals surface area contributed by atoms with Gasteiger partial charge in [-0.25, -0.2) is 0 Å². The average molecular weight is 402 g/mol. The van der Waals surface area contributed by atoms with Crippen molar-refractivity contribution in [2.24, 2.45) is 0 Å². The van der Waals surface area contributed by atoms with Crippen LogP contribution in [0.4, 0.5) is 0 Å². The molecule has 0 saturated carbocycles. The van der Waals surface area contributed by atoms with Crippen LogP contribution in [-0.4, -0.2) is 12.9 Å². The van der Waals surface area contributed by atoms with Crippen LogP contribution in [0.25, 0.3) is 0 Å². The summed E-state index contributed by atoms with van der Waals surface area (Å²) in [5, 5.41) is 0. The third-order valence-corrected chi connectivity index (χ3v) is 4.87. The smallest absolute Gasteiger partial charge is 0.160 e. The van der Waals surface area contributed by atoms with E-state index < -0.39 is 0 Å². The number of carbonyl (C=O) groups excluding carboxylic acids is 1. The van der Waals surface area contributed by atoms with Gasteiger partial charge in [-0.1, -0.05) is 0 Å². The van der Waals surface area contributed by atoms with E-state index in [1.807, 2.05) is 6.07 Å². The van der Waals surface area contributed by atoms with Gasteiger partial charge in [0.2, 0.25) is 0 Å². The van der Waals surface area contributed by atoms with Crippen molar-refractivity contribution >= 4 is 51.0 Å². The molecule has 0 fully saturated rings. The van der Waals surface area contributed by atoms with Crippen LogP contribution in [0.1, 0.15) is 17.3 Å². The molecule has 0 aliphatic carbocycles. The van der Waals surface area contributed by atoms with E-state index in [4.69, 9.17) is 4.74 Å². The first-order chi connectivity index (χ1) is 6.07. The maximum atomic E-state index is 11.2. The second kappa shape index (κ2) is 4.59. The Kier molecular flexibility index (Phi) is 3.96. The molecule has 0 N–H and O–H groups in total. The highest BCUT2D eigenvalue weighted by atomic mass is 127. The summed E-state index contributed by atoms with van der Waals surface area (Å²) in [5.41, 5.74) is 0.755. The molecule has 0 unspecified atom stereocenters. The van der Waals surface area contributed by atoms with E-state index in [1.54, 1.807) is 20.1 Å². The van der Waals surface area contributed by atoms with Crippen molar-refractivity contribution < 1.29 is 9.53 Å². The minimum atomic E-state index is 0.0879. The zero-order valence-electron chi connectivity index (χ0n) is 7.23. The number of ketones is 1. The summed E-state index contributed by atoms with van der Waals surface area (Å²) in [6.45, 7) is 1.57. The first kappa shape index (κ1) is 11.2. The Hall–Kier alpha value is 0.150. The highest BCUT2D eigenvalue weighted by Gasteiger charge is 2.11. The average Bonchev–Trinajstić information content (AvgIpc) is 2.09. The number of methoxy groups -OCH3 is 1. The third kappa shape index (κ3) is 2.34. The fourth-order valence-corrected chi connectivity index (χ4v) is 2.48. The molecule has 0 aromatic heterocycles. The van der Waals surface area contributed by atoms with E-state index in [0.717, 1.165) is 18.5 Å². The molecule has 0 amide bonds. The molecular formula is C9H8I2O2. The molecule has 4 heteroatoms. The van der Waals surface area contributed by atoms with Crippen LogP contribution >= 0.6 is 45.2 Å². The lowest BCUT2D eigenvalue weighted by Gasteiger charge is -2.07. The molecule has 0 saturated heterocycles. The molecule has 1 aromatic rings. The Morgan fingerprint density at radius 2 is 1.92 bits per heavy atom. The van der Waals surface area contributed by atoms with E-state index in [9.17, 15) is 4.79 Å². The van der Waals surface area contributed by atoms with Gasteiger partial charge in [0, 0.05) is 9.13 Å². The van der Waals surface area contributed by atoms with Gasteiger partial charge in [0.15, 0.2) is 5.78 Å². The quantitative estimate of drug-likeness (QED) is 0.562. The van der Waals surface area contributed by atoms with Crippen LogP contribution < -0.4 is 4.74 Å². The normalized spacial score (nSPS) is 9.85. The van der Waals surface area contributed by atoms with Gasteiger partial charge in [0.05, 0.1) is 10.7 Å². The van der Waals surface area contributed by atoms with Gasteiger partial charge < -0.3 is 4.74 Å². The van der Waals surface area contributed by atoms with Gasteiger partial charge in [-0.3, -0.25) is 4.79 Å². The van der Waals surface area contributed by atoms with Crippen molar-refractivity contribution in [2.45, 2.75) is 6.92 Å². The Bertz CT molecular complexity index is 348. The Morgan fingerprint density at radius 1 is 1.31 bits per heavy atom. The van der Waals surface area contributed by atoms with Crippen LogP contribution in [0.2, 0.25) is 0 Å². The summed E-state index contributed by atoms with van der Waals surface area (Å²) < 4.78 is 7.09. The minimum absolute atomic E-state index is 0.0879. The Morgan fingerprint density at radius 3 is 2.38 bits per heavy atom. The van der Waals surface area contributed by atoms with Crippen molar-refractivity contribution in [3.63, 3.8) is 0 Å². The van der Waals surface area contributed by atoms with Crippen molar-refractivity contribution in [3.8, 4) is 5.75 Å². The monoisotopic (exact) mass is 402 g/mol. The summed E-state index contributed by atoms with van der Waals surface area (Å²) in [7, 11) is 1.63. The molecule has 0 aliphatic heterocycles. The standard InChI is InChI=1S/C9H8I2O2/c1-5(12)6-3-4-7(13-2)9(11)8(6)10/h3-4H,1-2H3. The number of carbonyl (C=O) groups is 1. The molecule has 0 aliphatic rings. The largest absolute Gasteiger partial charge is 0.496 e. The minimum Gasteiger partial charge on any atom is -0.496 e. The van der Waals surface area contributed by atoms with Crippen LogP contribution in [-0.2, 0) is 0 Å². The Labute approximate surface area is 104 Å². The van der Waals surface area contributed by atoms with Crippen molar-refractivity contribution in [2.75, 3.05) is 7.11 Å². The second-order valence-corrected chi connectivity index (χ2v) is 4.66. The number of hydrogen-bond donors (Lipinski definition) is 0. The fraction of sp³-hybridized carbons (Fsp3) is 0.222. The topological polar surface area (TPSA) is 26.3 Å². The highest BCUT2D eigenvalue weighted by molar-refractivity contribution is 14.1. The molecule has 2 nitrogen and oxygen atoms in total. The number of benzene rings is 1. The maximum absolute atomic E-state index is 11.2. The van der Waals surface area contributed by atoms with E-state index >= 15 is 0 Å². The predicted molar refractivity (Wildman–Crippen MR) is 68.4 cm³/mol. The van der Waals surface area contributed by atoms with Crippen LogP contribution in [0, 0.1) is 7.14 Å². The van der Waals surface area contributed by atoms with Gasteiger partial charge in [0.25, 0.3) is 0 Å². The lowest BCUT2D eigenvalue weighted by atomic mass is 10.1. The molecular weight excluding hydrogens is 394 g/mol. The number of hydrogen-bond acceptors (Lipinski definition) is 2. The van der Waals surface area contributed by atoms with Crippen LogP contribution in [0.15, 0.2) is 12.1 Å². The maximum Gasteiger partial charge on any atom is 0.160 e. The molecule has 0 radical (unpaired) electrons. The summed E-state index contributed by atoms with van der Waals surface area (Å²) in [5.74, 6) is 0.903. The number of halogens is 2. The van der Waals surface area contributed by atoms with Gasteiger partial charge in [0.1, 0.15) is 5.75 Å². The van der Waals surface area contributed by atoms with Gasteiger partial charge in [-0.15, -0.1) is 0 Å². The van der Waals surface area contributed by atoms with E-state index in [1.165, 1.54) is 0 Å². The zero-order chi connectivity index (χ0) is 10.0. The molecule has 0 bridgehead atoms. The molecule has 0 spiro atoms. The number of ether oxygens (including phenoxy) is 1. The lowest BCUT2D eigenvalue weighted by molar-refractivity contribution is 0.101. The molecule has 0 heterocycles. The molecule has 1 aromatic carbocycles. The highest BCUT2D eigenvalue weighted by Crippen LogP contribution is 2.28. The lowest BCUT2D eigenvalue weighted by Crippen LogP contribution is -1.99. The molecule has 70 valence electrons. The summed E-state index contributed by atoms with van der Waals surface area (Å²) in [6.07, 6.45) is 0. The second-order valence-electron chi connectivity index (χ2n) is 2.50. The molecule has 0 atom stereocenters. The van der Waals surface area contributed by atoms with Crippen LogP contribution in [0.5, 0.6) is 5.75 Å². The Balaban J connectivity index is 3.31. The van der Waals surface area contributed by atoms with E-state index in [0.29, 0.717) is 0 Å². The first-order valence-electron chi connectivity index (χ1n) is 3.61. The zero-order valence-corrected chi connectivity index (χ0v) is 11.5. The fourth-order valence-electron chi connectivity index (χ4n) is 0.961. The summed E-state index contributed by atoms with van der Waals surface area (Å²) >= 11 is 4.34. The third-order valence-electron chi connectivity index (χ3n) is 1.65. The van der Waals surface area contributed by atoms with Gasteiger partial charge in [-0.2, -0.15) is 0 Å². The van der Waals surface area contributed by atoms with Gasteiger partial charge in [-0.05, 0) is 64.2 Å². The first-order valence-corrected chi connectivity index (χ1v) is 5.76. The van der Waals surface area contributed by atoms with Crippen LogP contribution in [0.3, 0.4) is 0 Å².